The highest BCUT2D eigenvalue weighted by molar-refractivity contribution is 7.10. The molecule has 0 nitrogen and oxygen atoms in total. The lowest BCUT2D eigenvalue weighted by Crippen LogP contribution is -1.88. The van der Waals surface area contributed by atoms with Gasteiger partial charge in [-0.05, 0) is 35.8 Å². The minimum atomic E-state index is 1.19. The number of hydrogen-bond acceptors (Lipinski definition) is 1. The van der Waals surface area contributed by atoms with Gasteiger partial charge in [0.05, 0.1) is 0 Å². The molecular formula is C10H16S. The normalized spacial score (nSPS) is 10.5. The predicted octanol–water partition coefficient (Wildman–Crippen LogP) is 3.44. The highest BCUT2D eigenvalue weighted by Crippen LogP contribution is 2.23. The summed E-state index contributed by atoms with van der Waals surface area (Å²) in [6.07, 6.45) is 3.60. The average molecular weight is 168 g/mol. The summed E-state index contributed by atoms with van der Waals surface area (Å²) >= 11 is 1.93. The van der Waals surface area contributed by atoms with Crippen LogP contribution < -0.4 is 0 Å². The first-order chi connectivity index (χ1) is 5.33. The van der Waals surface area contributed by atoms with Gasteiger partial charge in [0.1, 0.15) is 0 Å². The van der Waals surface area contributed by atoms with Gasteiger partial charge in [0.15, 0.2) is 0 Å². The van der Waals surface area contributed by atoms with Crippen LogP contribution >= 0.6 is 11.3 Å². The Bertz CT molecular complexity index is 201. The van der Waals surface area contributed by atoms with E-state index in [0.717, 1.165) is 0 Å². The highest BCUT2D eigenvalue weighted by Gasteiger charge is 2.05. The predicted molar refractivity (Wildman–Crippen MR) is 52.5 cm³/mol. The SMILES string of the molecule is CCc1csc(CC)c1CC. The molecule has 0 aromatic carbocycles. The van der Waals surface area contributed by atoms with Crippen molar-refractivity contribution >= 4 is 11.3 Å². The minimum absolute atomic E-state index is 1.19. The van der Waals surface area contributed by atoms with Crippen molar-refractivity contribution in [2.45, 2.75) is 40.0 Å². The summed E-state index contributed by atoms with van der Waals surface area (Å²) in [6.45, 7) is 6.73. The monoisotopic (exact) mass is 168 g/mol. The van der Waals surface area contributed by atoms with Gasteiger partial charge in [-0.3, -0.25) is 0 Å². The summed E-state index contributed by atoms with van der Waals surface area (Å²) in [5.41, 5.74) is 3.18. The summed E-state index contributed by atoms with van der Waals surface area (Å²) in [6, 6.07) is 0. The third kappa shape index (κ3) is 1.64. The summed E-state index contributed by atoms with van der Waals surface area (Å²) in [5, 5.41) is 2.32. The first-order valence-electron chi connectivity index (χ1n) is 4.41. The molecule has 1 rings (SSSR count). The van der Waals surface area contributed by atoms with E-state index in [0.29, 0.717) is 0 Å². The van der Waals surface area contributed by atoms with E-state index in [9.17, 15) is 0 Å². The van der Waals surface area contributed by atoms with Crippen molar-refractivity contribution in [3.8, 4) is 0 Å². The Labute approximate surface area is 73.3 Å². The van der Waals surface area contributed by atoms with Gasteiger partial charge in [0.25, 0.3) is 0 Å². The Morgan fingerprint density at radius 1 is 1.09 bits per heavy atom. The van der Waals surface area contributed by atoms with Gasteiger partial charge in [0, 0.05) is 4.88 Å². The standard InChI is InChI=1S/C10H16S/c1-4-8-7-11-10(6-3)9(8)5-2/h7H,4-6H2,1-3H3. The van der Waals surface area contributed by atoms with Gasteiger partial charge in [-0.15, -0.1) is 11.3 Å². The molecular weight excluding hydrogens is 152 g/mol. The molecule has 0 bridgehead atoms. The van der Waals surface area contributed by atoms with Gasteiger partial charge in [-0.25, -0.2) is 0 Å². The molecule has 0 aliphatic rings. The molecule has 0 atom stereocenters. The highest BCUT2D eigenvalue weighted by atomic mass is 32.1. The minimum Gasteiger partial charge on any atom is -0.148 e. The molecule has 0 saturated carbocycles. The van der Waals surface area contributed by atoms with Crippen LogP contribution in [-0.2, 0) is 19.3 Å². The van der Waals surface area contributed by atoms with E-state index < -0.39 is 0 Å². The smallest absolute Gasteiger partial charge is 0.00772 e. The fourth-order valence-electron chi connectivity index (χ4n) is 1.48. The topological polar surface area (TPSA) is 0 Å². The summed E-state index contributed by atoms with van der Waals surface area (Å²) in [5.74, 6) is 0. The molecule has 11 heavy (non-hydrogen) atoms. The first kappa shape index (κ1) is 8.79. The second kappa shape index (κ2) is 3.91. The zero-order valence-electron chi connectivity index (χ0n) is 7.61. The second-order valence-electron chi connectivity index (χ2n) is 2.72. The molecule has 0 spiro atoms. The van der Waals surface area contributed by atoms with Crippen LogP contribution in [0.3, 0.4) is 0 Å². The molecule has 1 heteroatoms. The van der Waals surface area contributed by atoms with Crippen LogP contribution in [0.5, 0.6) is 0 Å². The quantitative estimate of drug-likeness (QED) is 0.648. The largest absolute Gasteiger partial charge is 0.148 e. The fraction of sp³-hybridized carbons (Fsp3) is 0.600. The van der Waals surface area contributed by atoms with Crippen molar-refractivity contribution in [3.63, 3.8) is 0 Å². The van der Waals surface area contributed by atoms with Gasteiger partial charge in [-0.1, -0.05) is 20.8 Å². The second-order valence-corrected chi connectivity index (χ2v) is 3.69. The van der Waals surface area contributed by atoms with Crippen molar-refractivity contribution < 1.29 is 0 Å². The molecule has 0 saturated heterocycles. The Balaban J connectivity index is 2.99. The Morgan fingerprint density at radius 3 is 2.27 bits per heavy atom. The van der Waals surface area contributed by atoms with Crippen LogP contribution in [0.2, 0.25) is 0 Å². The average Bonchev–Trinajstić information content (AvgIpc) is 2.45. The van der Waals surface area contributed by atoms with Gasteiger partial charge < -0.3 is 0 Å². The molecule has 0 unspecified atom stereocenters. The lowest BCUT2D eigenvalue weighted by atomic mass is 10.1. The van der Waals surface area contributed by atoms with Crippen LogP contribution in [0.1, 0.15) is 36.8 Å². The Hall–Kier alpha value is -0.300. The van der Waals surface area contributed by atoms with Gasteiger partial charge in [0.2, 0.25) is 0 Å². The molecule has 1 aromatic heterocycles. The molecule has 0 amide bonds. The first-order valence-corrected chi connectivity index (χ1v) is 5.29. The van der Waals surface area contributed by atoms with Crippen molar-refractivity contribution in [3.05, 3.63) is 21.4 Å². The summed E-state index contributed by atoms with van der Waals surface area (Å²) in [4.78, 5) is 1.59. The van der Waals surface area contributed by atoms with E-state index >= 15 is 0 Å². The zero-order chi connectivity index (χ0) is 8.27. The van der Waals surface area contributed by atoms with Gasteiger partial charge in [-0.2, -0.15) is 0 Å². The van der Waals surface area contributed by atoms with E-state index in [-0.39, 0.29) is 0 Å². The van der Waals surface area contributed by atoms with E-state index in [1.807, 2.05) is 11.3 Å². The van der Waals surface area contributed by atoms with E-state index in [1.165, 1.54) is 19.3 Å². The lowest BCUT2D eigenvalue weighted by molar-refractivity contribution is 1.02. The summed E-state index contributed by atoms with van der Waals surface area (Å²) in [7, 11) is 0. The number of rotatable bonds is 3. The van der Waals surface area contributed by atoms with Crippen LogP contribution in [0, 0.1) is 0 Å². The van der Waals surface area contributed by atoms with E-state index in [2.05, 4.69) is 26.2 Å². The molecule has 0 N–H and O–H groups in total. The van der Waals surface area contributed by atoms with Crippen LogP contribution in [0.4, 0.5) is 0 Å². The Morgan fingerprint density at radius 2 is 1.82 bits per heavy atom. The number of hydrogen-bond donors (Lipinski definition) is 0. The molecule has 0 aliphatic heterocycles. The van der Waals surface area contributed by atoms with Crippen molar-refractivity contribution in [2.24, 2.45) is 0 Å². The number of aryl methyl sites for hydroxylation is 2. The number of thiophene rings is 1. The lowest BCUT2D eigenvalue weighted by Gasteiger charge is -1.99. The fourth-order valence-corrected chi connectivity index (χ4v) is 2.66. The maximum absolute atomic E-state index is 2.32. The molecule has 0 fully saturated rings. The molecule has 1 heterocycles. The summed E-state index contributed by atoms with van der Waals surface area (Å²) < 4.78 is 0. The third-order valence-electron chi connectivity index (χ3n) is 2.12. The zero-order valence-corrected chi connectivity index (χ0v) is 8.42. The van der Waals surface area contributed by atoms with Crippen molar-refractivity contribution in [1.29, 1.82) is 0 Å². The van der Waals surface area contributed by atoms with E-state index in [4.69, 9.17) is 0 Å². The molecule has 1 aromatic rings. The van der Waals surface area contributed by atoms with Gasteiger partial charge >= 0.3 is 0 Å². The molecule has 0 radical (unpaired) electrons. The van der Waals surface area contributed by atoms with Crippen LogP contribution in [-0.4, -0.2) is 0 Å². The maximum atomic E-state index is 2.32. The van der Waals surface area contributed by atoms with Crippen molar-refractivity contribution in [1.82, 2.24) is 0 Å². The van der Waals surface area contributed by atoms with E-state index in [1.54, 1.807) is 16.0 Å². The third-order valence-corrected chi connectivity index (χ3v) is 3.35. The van der Waals surface area contributed by atoms with Crippen molar-refractivity contribution in [2.75, 3.05) is 0 Å². The van der Waals surface area contributed by atoms with Crippen LogP contribution in [0.15, 0.2) is 5.38 Å². The molecule has 0 aliphatic carbocycles. The molecule has 62 valence electrons. The Kier molecular flexibility index (Phi) is 3.13. The van der Waals surface area contributed by atoms with Crippen LogP contribution in [0.25, 0.3) is 0 Å². The maximum Gasteiger partial charge on any atom is 0.00772 e.